The van der Waals surface area contributed by atoms with Gasteiger partial charge in [-0.1, -0.05) is 0 Å². The highest BCUT2D eigenvalue weighted by atomic mass is 32.1. The van der Waals surface area contributed by atoms with E-state index in [1.54, 1.807) is 17.5 Å². The summed E-state index contributed by atoms with van der Waals surface area (Å²) in [5.74, 6) is -0.415. The fourth-order valence-electron chi connectivity index (χ4n) is 2.13. The molecule has 3 rings (SSSR count). The molecule has 2 aromatic heterocycles. The van der Waals surface area contributed by atoms with Gasteiger partial charge in [0.15, 0.2) is 0 Å². The minimum Gasteiger partial charge on any atom is -0.378 e. The Morgan fingerprint density at radius 3 is 2.94 bits per heavy atom. The van der Waals surface area contributed by atoms with Crippen molar-refractivity contribution in [2.24, 2.45) is 5.73 Å². The van der Waals surface area contributed by atoms with Crippen LogP contribution in [0.4, 0.5) is 5.00 Å². The Kier molecular flexibility index (Phi) is 2.89. The predicted octanol–water partition coefficient (Wildman–Crippen LogP) is 1.23. The van der Waals surface area contributed by atoms with Crippen molar-refractivity contribution in [3.05, 3.63) is 23.9 Å². The van der Waals surface area contributed by atoms with Gasteiger partial charge in [-0.05, 0) is 12.1 Å². The molecule has 1 amide bonds. The van der Waals surface area contributed by atoms with E-state index < -0.39 is 5.91 Å². The second-order valence-electron chi connectivity index (χ2n) is 4.10. The molecule has 1 saturated heterocycles. The summed E-state index contributed by atoms with van der Waals surface area (Å²) < 4.78 is 6.32. The minimum atomic E-state index is -0.415. The lowest BCUT2D eigenvalue weighted by Crippen LogP contribution is -2.36. The molecule has 0 aliphatic carbocycles. The van der Waals surface area contributed by atoms with Crippen molar-refractivity contribution in [1.82, 2.24) is 4.98 Å². The Bertz CT molecular complexity index is 590. The largest absolute Gasteiger partial charge is 0.378 e. The minimum absolute atomic E-state index is 0.415. The molecule has 3 heterocycles. The maximum atomic E-state index is 11.7. The van der Waals surface area contributed by atoms with E-state index in [9.17, 15) is 4.79 Å². The van der Waals surface area contributed by atoms with E-state index in [4.69, 9.17) is 10.5 Å². The van der Waals surface area contributed by atoms with Gasteiger partial charge in [-0.25, -0.2) is 0 Å². The molecule has 2 N–H and O–H groups in total. The summed E-state index contributed by atoms with van der Waals surface area (Å²) in [6.45, 7) is 2.93. The van der Waals surface area contributed by atoms with Crippen molar-refractivity contribution in [2.75, 3.05) is 31.2 Å². The average Bonchev–Trinajstić information content (AvgIpc) is 2.79. The van der Waals surface area contributed by atoms with Gasteiger partial charge in [0, 0.05) is 19.3 Å². The molecule has 5 nitrogen and oxygen atoms in total. The molecule has 0 radical (unpaired) electrons. The number of primary amides is 1. The van der Waals surface area contributed by atoms with Crippen LogP contribution < -0.4 is 10.6 Å². The van der Waals surface area contributed by atoms with Crippen molar-refractivity contribution in [3.63, 3.8) is 0 Å². The SMILES string of the molecule is NC(=O)c1c(N2CCOCC2)sc2cccnc12. The first-order valence-corrected chi connectivity index (χ1v) is 6.59. The van der Waals surface area contributed by atoms with E-state index >= 15 is 0 Å². The quantitative estimate of drug-likeness (QED) is 0.885. The van der Waals surface area contributed by atoms with Crippen LogP contribution in [0.5, 0.6) is 0 Å². The van der Waals surface area contributed by atoms with Crippen LogP contribution in [0, 0.1) is 0 Å². The number of rotatable bonds is 2. The monoisotopic (exact) mass is 263 g/mol. The molecule has 0 bridgehead atoms. The maximum absolute atomic E-state index is 11.7. The van der Waals surface area contributed by atoms with Crippen LogP contribution in [0.1, 0.15) is 10.4 Å². The van der Waals surface area contributed by atoms with E-state index in [0.29, 0.717) is 24.3 Å². The van der Waals surface area contributed by atoms with Gasteiger partial charge in [0.2, 0.25) is 0 Å². The number of fused-ring (bicyclic) bond motifs is 1. The zero-order valence-electron chi connectivity index (χ0n) is 9.76. The Hall–Kier alpha value is -1.66. The van der Waals surface area contributed by atoms with Crippen molar-refractivity contribution < 1.29 is 9.53 Å². The van der Waals surface area contributed by atoms with Crippen LogP contribution in [-0.2, 0) is 4.74 Å². The van der Waals surface area contributed by atoms with Gasteiger partial charge in [0.05, 0.1) is 29.0 Å². The first-order valence-electron chi connectivity index (χ1n) is 5.77. The average molecular weight is 263 g/mol. The molecule has 0 saturated carbocycles. The summed E-state index contributed by atoms with van der Waals surface area (Å²) in [5, 5.41) is 0.916. The van der Waals surface area contributed by atoms with Gasteiger partial charge in [-0.2, -0.15) is 0 Å². The first-order chi connectivity index (χ1) is 8.77. The number of carbonyl (C=O) groups excluding carboxylic acids is 1. The number of morpholine rings is 1. The van der Waals surface area contributed by atoms with Crippen molar-refractivity contribution in [1.29, 1.82) is 0 Å². The number of carbonyl (C=O) groups is 1. The maximum Gasteiger partial charge on any atom is 0.253 e. The number of anilines is 1. The molecule has 0 spiro atoms. The van der Waals surface area contributed by atoms with Gasteiger partial charge in [-0.15, -0.1) is 11.3 Å². The summed E-state index contributed by atoms with van der Waals surface area (Å²) >= 11 is 1.57. The Morgan fingerprint density at radius 2 is 2.22 bits per heavy atom. The fraction of sp³-hybridized carbons (Fsp3) is 0.333. The Labute approximate surface area is 108 Å². The van der Waals surface area contributed by atoms with Crippen LogP contribution in [-0.4, -0.2) is 37.2 Å². The number of ether oxygens (including phenoxy) is 1. The summed E-state index contributed by atoms with van der Waals surface area (Å²) in [6, 6.07) is 3.83. The normalized spacial score (nSPS) is 16.1. The summed E-state index contributed by atoms with van der Waals surface area (Å²) in [4.78, 5) is 18.1. The molecular formula is C12H13N3O2S. The highest BCUT2D eigenvalue weighted by molar-refractivity contribution is 7.23. The lowest BCUT2D eigenvalue weighted by Gasteiger charge is -2.28. The molecule has 1 fully saturated rings. The number of hydrogen-bond donors (Lipinski definition) is 1. The smallest absolute Gasteiger partial charge is 0.253 e. The Morgan fingerprint density at radius 1 is 1.44 bits per heavy atom. The lowest BCUT2D eigenvalue weighted by molar-refractivity contribution is 0.100. The number of thiophene rings is 1. The topological polar surface area (TPSA) is 68.5 Å². The highest BCUT2D eigenvalue weighted by Gasteiger charge is 2.23. The van der Waals surface area contributed by atoms with Crippen molar-refractivity contribution >= 4 is 32.5 Å². The number of nitrogens with zero attached hydrogens (tertiary/aromatic N) is 2. The van der Waals surface area contributed by atoms with Crippen LogP contribution in [0.15, 0.2) is 18.3 Å². The van der Waals surface area contributed by atoms with Crippen molar-refractivity contribution in [2.45, 2.75) is 0 Å². The van der Waals surface area contributed by atoms with E-state index in [1.165, 1.54) is 0 Å². The molecule has 1 aliphatic heterocycles. The van der Waals surface area contributed by atoms with Gasteiger partial charge in [0.25, 0.3) is 5.91 Å². The molecule has 6 heteroatoms. The second kappa shape index (κ2) is 4.55. The molecule has 1 aliphatic rings. The third kappa shape index (κ3) is 1.83. The van der Waals surface area contributed by atoms with Gasteiger partial charge >= 0.3 is 0 Å². The lowest BCUT2D eigenvalue weighted by atomic mass is 10.2. The van der Waals surface area contributed by atoms with Crippen LogP contribution in [0.25, 0.3) is 10.2 Å². The number of aromatic nitrogens is 1. The zero-order chi connectivity index (χ0) is 12.5. The van der Waals surface area contributed by atoms with E-state index in [-0.39, 0.29) is 0 Å². The fourth-order valence-corrected chi connectivity index (χ4v) is 3.35. The third-order valence-corrected chi connectivity index (χ3v) is 4.18. The van der Waals surface area contributed by atoms with Crippen LogP contribution in [0.2, 0.25) is 0 Å². The van der Waals surface area contributed by atoms with Gasteiger partial charge < -0.3 is 15.4 Å². The number of pyridine rings is 1. The molecule has 2 aromatic rings. The highest BCUT2D eigenvalue weighted by Crippen LogP contribution is 2.36. The van der Waals surface area contributed by atoms with E-state index in [2.05, 4.69) is 9.88 Å². The molecule has 18 heavy (non-hydrogen) atoms. The number of amides is 1. The van der Waals surface area contributed by atoms with Crippen LogP contribution in [0.3, 0.4) is 0 Å². The van der Waals surface area contributed by atoms with Crippen LogP contribution >= 0.6 is 11.3 Å². The molecule has 0 unspecified atom stereocenters. The molecule has 94 valence electrons. The first kappa shape index (κ1) is 11.4. The zero-order valence-corrected chi connectivity index (χ0v) is 10.6. The third-order valence-electron chi connectivity index (χ3n) is 2.97. The predicted molar refractivity (Wildman–Crippen MR) is 71.2 cm³/mol. The molecule has 0 aromatic carbocycles. The molecule has 0 atom stereocenters. The van der Waals surface area contributed by atoms with E-state index in [1.807, 2.05) is 12.1 Å². The van der Waals surface area contributed by atoms with Gasteiger partial charge in [-0.3, -0.25) is 9.78 Å². The van der Waals surface area contributed by atoms with E-state index in [0.717, 1.165) is 22.8 Å². The summed E-state index contributed by atoms with van der Waals surface area (Å²) in [5.41, 5.74) is 6.75. The van der Waals surface area contributed by atoms with Gasteiger partial charge in [0.1, 0.15) is 5.00 Å². The second-order valence-corrected chi connectivity index (χ2v) is 5.13. The molecular weight excluding hydrogens is 250 g/mol. The Balaban J connectivity index is 2.14. The summed E-state index contributed by atoms with van der Waals surface area (Å²) in [6.07, 6.45) is 1.69. The standard InChI is InChI=1S/C12H13N3O2S/c13-11(16)9-10-8(2-1-3-14-10)18-12(9)15-4-6-17-7-5-15/h1-3H,4-7H2,(H2,13,16). The number of hydrogen-bond acceptors (Lipinski definition) is 5. The van der Waals surface area contributed by atoms with Crippen molar-refractivity contribution in [3.8, 4) is 0 Å². The number of nitrogens with two attached hydrogens (primary N) is 1. The summed E-state index contributed by atoms with van der Waals surface area (Å²) in [7, 11) is 0.